The number of nitrogens with zero attached hydrogens (tertiary/aromatic N) is 4. The summed E-state index contributed by atoms with van der Waals surface area (Å²) >= 11 is 0. The number of hydrogen-bond acceptors (Lipinski definition) is 6. The van der Waals surface area contributed by atoms with Crippen molar-refractivity contribution < 1.29 is 41.5 Å². The molecule has 2 aromatic carbocycles. The van der Waals surface area contributed by atoms with Crippen LogP contribution >= 0.6 is 0 Å². The molecule has 1 fully saturated rings. The molecule has 5 rings (SSSR count). The molecule has 15 heteroatoms. The van der Waals surface area contributed by atoms with Crippen molar-refractivity contribution in [3.8, 4) is 0 Å². The van der Waals surface area contributed by atoms with Gasteiger partial charge in [0.2, 0.25) is 11.5 Å². The van der Waals surface area contributed by atoms with Crippen LogP contribution in [0.3, 0.4) is 0 Å². The highest BCUT2D eigenvalue weighted by atomic mass is 19.4. The van der Waals surface area contributed by atoms with E-state index in [9.17, 15) is 36.7 Å². The smallest absolute Gasteiger partial charge is 0.332 e. The largest absolute Gasteiger partial charge is 0.408 e. The Morgan fingerprint density at radius 3 is 2.47 bits per heavy atom. The number of fused-ring (bicyclic) bond motifs is 2. The Morgan fingerprint density at radius 2 is 1.81 bits per heavy atom. The second-order valence-corrected chi connectivity index (χ2v) is 10.3. The van der Waals surface area contributed by atoms with E-state index < -0.39 is 67.1 Å². The molecule has 2 aliphatic rings. The molecule has 0 radical (unpaired) electrons. The van der Waals surface area contributed by atoms with Crippen molar-refractivity contribution in [1.29, 1.82) is 0 Å². The first-order valence-corrected chi connectivity index (χ1v) is 13.0. The molecule has 1 aliphatic heterocycles. The Balaban J connectivity index is 1.31. The first-order chi connectivity index (χ1) is 20.3. The number of benzene rings is 2. The topological polar surface area (TPSA) is 126 Å². The summed E-state index contributed by atoms with van der Waals surface area (Å²) in [6, 6.07) is 6.32. The molecule has 2 atom stereocenters. The molecule has 0 saturated carbocycles. The van der Waals surface area contributed by atoms with Crippen LogP contribution in [0.2, 0.25) is 0 Å². The standard InChI is InChI=1S/C28H26F4N6O5/c1-16(28(30,31)32)38(12-17-3-5-19(29)6-4-17)24(40)14-37-15-43-27(25(37)41)22-8-7-20(9-18(22)10-23(27)39)34-26(42)35-21-11-33-36(2)13-21/h3-9,11,13,16H,10,12,14-15H2,1-2H3,(H2,34,35,42)/t16?,27-/m1/s1. The van der Waals surface area contributed by atoms with Gasteiger partial charge in [-0.15, -0.1) is 0 Å². The van der Waals surface area contributed by atoms with Crippen molar-refractivity contribution in [2.75, 3.05) is 23.9 Å². The van der Waals surface area contributed by atoms with Crippen molar-refractivity contribution >= 4 is 35.0 Å². The van der Waals surface area contributed by atoms with Gasteiger partial charge in [0.25, 0.3) is 5.91 Å². The van der Waals surface area contributed by atoms with Gasteiger partial charge in [-0.1, -0.05) is 18.2 Å². The molecular formula is C28H26F4N6O5. The lowest BCUT2D eigenvalue weighted by Crippen LogP contribution is -2.51. The minimum absolute atomic E-state index is 0.204. The predicted molar refractivity (Wildman–Crippen MR) is 143 cm³/mol. The highest BCUT2D eigenvalue weighted by molar-refractivity contribution is 6.15. The molecule has 1 aromatic heterocycles. The Morgan fingerprint density at radius 1 is 1.12 bits per heavy atom. The Labute approximate surface area is 242 Å². The first kappa shape index (κ1) is 29.7. The molecule has 2 N–H and O–H groups in total. The predicted octanol–water partition coefficient (Wildman–Crippen LogP) is 3.32. The number of amides is 4. The Kier molecular flexibility index (Phi) is 7.69. The number of hydrogen-bond donors (Lipinski definition) is 2. The minimum atomic E-state index is -4.77. The van der Waals surface area contributed by atoms with Crippen molar-refractivity contribution in [3.05, 3.63) is 77.4 Å². The van der Waals surface area contributed by atoms with E-state index in [2.05, 4.69) is 15.7 Å². The maximum Gasteiger partial charge on any atom is 0.408 e. The molecule has 1 saturated heterocycles. The Hall–Kier alpha value is -4.79. The van der Waals surface area contributed by atoms with Gasteiger partial charge in [0.15, 0.2) is 5.78 Å². The third-order valence-corrected chi connectivity index (χ3v) is 7.33. The second-order valence-electron chi connectivity index (χ2n) is 10.3. The number of halogens is 4. The second kappa shape index (κ2) is 11.1. The maximum absolute atomic E-state index is 13.7. The van der Waals surface area contributed by atoms with Crippen LogP contribution in [-0.4, -0.2) is 68.7 Å². The van der Waals surface area contributed by atoms with Gasteiger partial charge < -0.3 is 25.2 Å². The van der Waals surface area contributed by atoms with Crippen LogP contribution in [-0.2, 0) is 44.7 Å². The number of aryl methyl sites for hydroxylation is 1. The summed E-state index contributed by atoms with van der Waals surface area (Å²) in [4.78, 5) is 53.7. The summed E-state index contributed by atoms with van der Waals surface area (Å²) in [6.45, 7) is -0.961. The number of carbonyl (C=O) groups is 4. The lowest BCUT2D eigenvalue weighted by Gasteiger charge is -2.32. The summed E-state index contributed by atoms with van der Waals surface area (Å²) in [5.74, 6) is -3.10. The van der Waals surface area contributed by atoms with Gasteiger partial charge in [-0.05, 0) is 42.3 Å². The first-order valence-electron chi connectivity index (χ1n) is 13.0. The van der Waals surface area contributed by atoms with Crippen LogP contribution in [0.25, 0.3) is 0 Å². The molecule has 226 valence electrons. The normalized spacial score (nSPS) is 18.6. The number of nitrogens with one attached hydrogen (secondary N) is 2. The summed E-state index contributed by atoms with van der Waals surface area (Å²) in [5, 5.41) is 9.19. The zero-order valence-corrected chi connectivity index (χ0v) is 22.9. The van der Waals surface area contributed by atoms with Crippen LogP contribution in [0.5, 0.6) is 0 Å². The number of ether oxygens (including phenoxy) is 1. The minimum Gasteiger partial charge on any atom is -0.332 e. The average Bonchev–Trinajstić information content (AvgIpc) is 3.58. The van der Waals surface area contributed by atoms with E-state index in [4.69, 9.17) is 4.74 Å². The maximum atomic E-state index is 13.7. The van der Waals surface area contributed by atoms with E-state index in [1.54, 1.807) is 13.2 Å². The molecule has 1 spiro atoms. The van der Waals surface area contributed by atoms with Gasteiger partial charge >= 0.3 is 12.2 Å². The lowest BCUT2D eigenvalue weighted by molar-refractivity contribution is -0.187. The molecule has 3 aromatic rings. The lowest BCUT2D eigenvalue weighted by atomic mass is 9.94. The van der Waals surface area contributed by atoms with E-state index in [1.807, 2.05) is 0 Å². The van der Waals surface area contributed by atoms with Gasteiger partial charge in [-0.3, -0.25) is 19.1 Å². The third-order valence-electron chi connectivity index (χ3n) is 7.33. The molecule has 1 aliphatic carbocycles. The highest BCUT2D eigenvalue weighted by Gasteiger charge is 2.59. The van der Waals surface area contributed by atoms with E-state index in [0.29, 0.717) is 21.8 Å². The average molecular weight is 603 g/mol. The van der Waals surface area contributed by atoms with E-state index in [0.717, 1.165) is 24.0 Å². The molecule has 0 bridgehead atoms. The number of aromatic nitrogens is 2. The van der Waals surface area contributed by atoms with Crippen LogP contribution in [0.1, 0.15) is 23.6 Å². The fourth-order valence-corrected chi connectivity index (χ4v) is 5.07. The van der Waals surface area contributed by atoms with Crippen LogP contribution in [0.4, 0.5) is 33.7 Å². The number of rotatable bonds is 7. The summed E-state index contributed by atoms with van der Waals surface area (Å²) in [6.07, 6.45) is -1.93. The zero-order chi connectivity index (χ0) is 31.1. The SMILES string of the molecule is CC(N(Cc1ccc(F)cc1)C(=O)CN1CO[C@]2(C(=O)Cc3cc(NC(=O)Nc4cnn(C)c4)ccc32)C1=O)C(F)(F)F. The monoisotopic (exact) mass is 602 g/mol. The van der Waals surface area contributed by atoms with Crippen molar-refractivity contribution in [3.63, 3.8) is 0 Å². The molecule has 1 unspecified atom stereocenters. The number of alkyl halides is 3. The van der Waals surface area contributed by atoms with E-state index >= 15 is 0 Å². The number of carbonyl (C=O) groups excluding carboxylic acids is 4. The fraction of sp³-hybridized carbons (Fsp3) is 0.321. The molecule has 43 heavy (non-hydrogen) atoms. The van der Waals surface area contributed by atoms with Gasteiger partial charge in [0, 0.05) is 37.5 Å². The van der Waals surface area contributed by atoms with E-state index in [1.165, 1.54) is 41.2 Å². The van der Waals surface area contributed by atoms with Crippen molar-refractivity contribution in [1.82, 2.24) is 19.6 Å². The molecule has 4 amide bonds. The zero-order valence-electron chi connectivity index (χ0n) is 22.9. The fourth-order valence-electron chi connectivity index (χ4n) is 5.07. The quantitative estimate of drug-likeness (QED) is 0.316. The highest BCUT2D eigenvalue weighted by Crippen LogP contribution is 2.43. The van der Waals surface area contributed by atoms with Crippen molar-refractivity contribution in [2.45, 2.75) is 37.7 Å². The number of anilines is 2. The van der Waals surface area contributed by atoms with Gasteiger partial charge in [0.1, 0.15) is 25.1 Å². The van der Waals surface area contributed by atoms with Gasteiger partial charge in [0.05, 0.1) is 11.9 Å². The molecule has 11 nitrogen and oxygen atoms in total. The van der Waals surface area contributed by atoms with Gasteiger partial charge in [-0.2, -0.15) is 18.3 Å². The summed E-state index contributed by atoms with van der Waals surface area (Å²) < 4.78 is 61.5. The van der Waals surface area contributed by atoms with Crippen LogP contribution < -0.4 is 10.6 Å². The number of Topliss-reactive ketones (excluding diaryl/α,β-unsaturated/α-hetero) is 1. The third kappa shape index (κ3) is 5.80. The number of ketones is 1. The van der Waals surface area contributed by atoms with Crippen LogP contribution in [0.15, 0.2) is 54.9 Å². The molecular weight excluding hydrogens is 576 g/mol. The van der Waals surface area contributed by atoms with E-state index in [-0.39, 0.29) is 17.5 Å². The summed E-state index contributed by atoms with van der Waals surface area (Å²) in [7, 11) is 1.69. The summed E-state index contributed by atoms with van der Waals surface area (Å²) in [5.41, 5.74) is -0.374. The van der Waals surface area contributed by atoms with Gasteiger partial charge in [-0.25, -0.2) is 9.18 Å². The van der Waals surface area contributed by atoms with Crippen LogP contribution in [0, 0.1) is 5.82 Å². The van der Waals surface area contributed by atoms with Crippen molar-refractivity contribution in [2.24, 2.45) is 7.05 Å². The Bertz CT molecular complexity index is 1590. The number of urea groups is 1. The molecule has 2 heterocycles.